The van der Waals surface area contributed by atoms with Gasteiger partial charge in [-0.2, -0.15) is 0 Å². The molecule has 0 aliphatic rings. The molecule has 0 saturated heterocycles. The third kappa shape index (κ3) is 2.49. The molecule has 0 aliphatic heterocycles. The van der Waals surface area contributed by atoms with E-state index >= 15 is 0 Å². The van der Waals surface area contributed by atoms with Crippen molar-refractivity contribution < 1.29 is 9.47 Å². The van der Waals surface area contributed by atoms with Gasteiger partial charge in [-0.25, -0.2) is 4.98 Å². The maximum Gasteiger partial charge on any atom is 0.146 e. The molecule has 0 amide bonds. The molecule has 4 nitrogen and oxygen atoms in total. The summed E-state index contributed by atoms with van der Waals surface area (Å²) in [5, 5.41) is 0. The Morgan fingerprint density at radius 1 is 1.20 bits per heavy atom. The molecule has 0 saturated carbocycles. The maximum absolute atomic E-state index is 5.50. The Kier molecular flexibility index (Phi) is 2.88. The van der Waals surface area contributed by atoms with Crippen LogP contribution in [0.25, 0.3) is 0 Å². The molecular formula is C11H12N2O2. The fraction of sp³-hybridized carbons (Fsp3) is 0.182. The van der Waals surface area contributed by atoms with Crippen molar-refractivity contribution in [2.75, 3.05) is 7.11 Å². The first-order valence-corrected chi connectivity index (χ1v) is 4.63. The number of benzene rings is 1. The highest BCUT2D eigenvalue weighted by Crippen LogP contribution is 2.17. The van der Waals surface area contributed by atoms with Gasteiger partial charge in [0, 0.05) is 12.4 Å². The van der Waals surface area contributed by atoms with E-state index < -0.39 is 0 Å². The summed E-state index contributed by atoms with van der Waals surface area (Å²) in [7, 11) is 1.64. The highest BCUT2D eigenvalue weighted by Gasteiger charge is 1.97. The van der Waals surface area contributed by atoms with Crippen LogP contribution in [0, 0.1) is 0 Å². The zero-order chi connectivity index (χ0) is 10.5. The van der Waals surface area contributed by atoms with E-state index in [1.165, 1.54) is 0 Å². The van der Waals surface area contributed by atoms with Gasteiger partial charge in [0.1, 0.15) is 23.9 Å². The number of H-pyrrole nitrogens is 1. The minimum atomic E-state index is 0.444. The van der Waals surface area contributed by atoms with Crippen LogP contribution in [0.3, 0.4) is 0 Å². The Morgan fingerprint density at radius 3 is 2.53 bits per heavy atom. The van der Waals surface area contributed by atoms with Crippen LogP contribution in [0.4, 0.5) is 0 Å². The number of methoxy groups -OCH3 is 1. The molecule has 0 fully saturated rings. The fourth-order valence-electron chi connectivity index (χ4n) is 1.20. The zero-order valence-corrected chi connectivity index (χ0v) is 8.43. The number of hydrogen-bond donors (Lipinski definition) is 1. The molecule has 0 radical (unpaired) electrons. The minimum absolute atomic E-state index is 0.444. The molecule has 0 spiro atoms. The van der Waals surface area contributed by atoms with Crippen LogP contribution in [0.15, 0.2) is 36.7 Å². The van der Waals surface area contributed by atoms with E-state index in [-0.39, 0.29) is 0 Å². The van der Waals surface area contributed by atoms with Crippen LogP contribution in [-0.2, 0) is 6.61 Å². The second-order valence-corrected chi connectivity index (χ2v) is 3.00. The summed E-state index contributed by atoms with van der Waals surface area (Å²) in [5.41, 5.74) is 0. The summed E-state index contributed by atoms with van der Waals surface area (Å²) >= 11 is 0. The van der Waals surface area contributed by atoms with Crippen LogP contribution in [0.5, 0.6) is 11.5 Å². The predicted octanol–water partition coefficient (Wildman–Crippen LogP) is 2.00. The second-order valence-electron chi connectivity index (χ2n) is 3.00. The van der Waals surface area contributed by atoms with Gasteiger partial charge in [0.05, 0.1) is 7.11 Å². The van der Waals surface area contributed by atoms with E-state index in [0.717, 1.165) is 17.3 Å². The first-order valence-electron chi connectivity index (χ1n) is 4.63. The molecule has 1 N–H and O–H groups in total. The monoisotopic (exact) mass is 204 g/mol. The van der Waals surface area contributed by atoms with E-state index in [9.17, 15) is 0 Å². The lowest BCUT2D eigenvalue weighted by atomic mass is 10.3. The van der Waals surface area contributed by atoms with Crippen molar-refractivity contribution in [3.05, 3.63) is 42.5 Å². The molecule has 4 heteroatoms. The van der Waals surface area contributed by atoms with Gasteiger partial charge in [0.25, 0.3) is 0 Å². The van der Waals surface area contributed by atoms with Crippen molar-refractivity contribution in [2.24, 2.45) is 0 Å². The largest absolute Gasteiger partial charge is 0.497 e. The standard InChI is InChI=1S/C11H12N2O2/c1-14-9-2-4-10(5-3-9)15-8-11-12-6-7-13-11/h2-7H,8H2,1H3,(H,12,13). The number of imidazole rings is 1. The van der Waals surface area contributed by atoms with Gasteiger partial charge in [-0.3, -0.25) is 0 Å². The highest BCUT2D eigenvalue weighted by atomic mass is 16.5. The van der Waals surface area contributed by atoms with Gasteiger partial charge in [0.2, 0.25) is 0 Å². The Hall–Kier alpha value is -1.97. The molecule has 1 aromatic carbocycles. The number of aromatic nitrogens is 2. The fourth-order valence-corrected chi connectivity index (χ4v) is 1.20. The average Bonchev–Trinajstić information content (AvgIpc) is 2.80. The van der Waals surface area contributed by atoms with Crippen molar-refractivity contribution in [2.45, 2.75) is 6.61 Å². The SMILES string of the molecule is COc1ccc(OCc2ncc[nH]2)cc1. The number of nitrogens with one attached hydrogen (secondary N) is 1. The number of rotatable bonds is 4. The predicted molar refractivity (Wildman–Crippen MR) is 55.9 cm³/mol. The normalized spacial score (nSPS) is 9.93. The van der Waals surface area contributed by atoms with Crippen molar-refractivity contribution >= 4 is 0 Å². The second kappa shape index (κ2) is 4.50. The van der Waals surface area contributed by atoms with Crippen molar-refractivity contribution in [1.82, 2.24) is 9.97 Å². The molecule has 1 aromatic heterocycles. The number of ether oxygens (including phenoxy) is 2. The molecule has 78 valence electrons. The lowest BCUT2D eigenvalue weighted by Gasteiger charge is -2.04. The third-order valence-corrected chi connectivity index (χ3v) is 1.99. The first kappa shape index (κ1) is 9.58. The minimum Gasteiger partial charge on any atom is -0.497 e. The molecule has 0 bridgehead atoms. The van der Waals surface area contributed by atoms with E-state index in [4.69, 9.17) is 9.47 Å². The number of aromatic amines is 1. The zero-order valence-electron chi connectivity index (χ0n) is 8.43. The molecule has 2 aromatic rings. The van der Waals surface area contributed by atoms with Gasteiger partial charge >= 0.3 is 0 Å². The summed E-state index contributed by atoms with van der Waals surface area (Å²) < 4.78 is 10.5. The van der Waals surface area contributed by atoms with Gasteiger partial charge in [-0.1, -0.05) is 0 Å². The lowest BCUT2D eigenvalue weighted by Crippen LogP contribution is -1.97. The summed E-state index contributed by atoms with van der Waals surface area (Å²) in [6.07, 6.45) is 3.47. The molecular weight excluding hydrogens is 192 g/mol. The van der Waals surface area contributed by atoms with E-state index in [0.29, 0.717) is 6.61 Å². The summed E-state index contributed by atoms with van der Waals surface area (Å²) in [5.74, 6) is 2.43. The van der Waals surface area contributed by atoms with Gasteiger partial charge < -0.3 is 14.5 Å². The number of hydrogen-bond acceptors (Lipinski definition) is 3. The van der Waals surface area contributed by atoms with Gasteiger partial charge in [-0.15, -0.1) is 0 Å². The first-order chi connectivity index (χ1) is 7.38. The molecule has 2 rings (SSSR count). The van der Waals surface area contributed by atoms with Crippen LogP contribution >= 0.6 is 0 Å². The van der Waals surface area contributed by atoms with Crippen LogP contribution in [-0.4, -0.2) is 17.1 Å². The summed E-state index contributed by atoms with van der Waals surface area (Å²) in [4.78, 5) is 7.03. The topological polar surface area (TPSA) is 47.1 Å². The molecule has 1 heterocycles. The Morgan fingerprint density at radius 2 is 1.93 bits per heavy atom. The average molecular weight is 204 g/mol. The van der Waals surface area contributed by atoms with Crippen LogP contribution in [0.2, 0.25) is 0 Å². The van der Waals surface area contributed by atoms with Crippen molar-refractivity contribution in [1.29, 1.82) is 0 Å². The van der Waals surface area contributed by atoms with Crippen LogP contribution in [0.1, 0.15) is 5.82 Å². The number of nitrogens with zero attached hydrogens (tertiary/aromatic N) is 1. The molecule has 0 atom stereocenters. The Balaban J connectivity index is 1.93. The molecule has 15 heavy (non-hydrogen) atoms. The Labute approximate surface area is 87.9 Å². The Bertz CT molecular complexity index is 395. The summed E-state index contributed by atoms with van der Waals surface area (Å²) in [6, 6.07) is 7.44. The molecule has 0 unspecified atom stereocenters. The van der Waals surface area contributed by atoms with E-state index in [1.807, 2.05) is 24.3 Å². The van der Waals surface area contributed by atoms with Crippen LogP contribution < -0.4 is 9.47 Å². The van der Waals surface area contributed by atoms with Gasteiger partial charge in [-0.05, 0) is 24.3 Å². The molecule has 0 aliphatic carbocycles. The maximum atomic E-state index is 5.50. The quantitative estimate of drug-likeness (QED) is 0.828. The van der Waals surface area contributed by atoms with Crippen molar-refractivity contribution in [3.8, 4) is 11.5 Å². The van der Waals surface area contributed by atoms with E-state index in [2.05, 4.69) is 9.97 Å². The third-order valence-electron chi connectivity index (χ3n) is 1.99. The van der Waals surface area contributed by atoms with E-state index in [1.54, 1.807) is 19.5 Å². The summed E-state index contributed by atoms with van der Waals surface area (Å²) in [6.45, 7) is 0.444. The van der Waals surface area contributed by atoms with Gasteiger partial charge in [0.15, 0.2) is 0 Å². The smallest absolute Gasteiger partial charge is 0.146 e. The van der Waals surface area contributed by atoms with Crippen molar-refractivity contribution in [3.63, 3.8) is 0 Å². The highest BCUT2D eigenvalue weighted by molar-refractivity contribution is 5.31. The lowest BCUT2D eigenvalue weighted by molar-refractivity contribution is 0.296.